The minimum atomic E-state index is -0.568. The number of methoxy groups -OCH3 is 1. The van der Waals surface area contributed by atoms with Crippen molar-refractivity contribution >= 4 is 22.9 Å². The van der Waals surface area contributed by atoms with Crippen molar-refractivity contribution in [2.24, 2.45) is 0 Å². The van der Waals surface area contributed by atoms with Crippen molar-refractivity contribution in [3.05, 3.63) is 41.3 Å². The number of aryl methyl sites for hydroxylation is 1. The van der Waals surface area contributed by atoms with Crippen molar-refractivity contribution in [1.29, 1.82) is 0 Å². The second kappa shape index (κ2) is 7.16. The molecule has 0 aliphatic rings. The highest BCUT2D eigenvalue weighted by atomic mass is 16.5. The monoisotopic (exact) mass is 342 g/mol. The lowest BCUT2D eigenvalue weighted by Crippen LogP contribution is -2.08. The molecule has 25 heavy (non-hydrogen) atoms. The van der Waals surface area contributed by atoms with E-state index in [1.807, 2.05) is 24.3 Å². The number of aromatic nitrogens is 3. The zero-order valence-corrected chi connectivity index (χ0v) is 14.2. The maximum absolute atomic E-state index is 12.1. The van der Waals surface area contributed by atoms with Crippen LogP contribution in [0.25, 0.3) is 11.1 Å². The van der Waals surface area contributed by atoms with Crippen LogP contribution in [0.4, 0.5) is 5.82 Å². The summed E-state index contributed by atoms with van der Waals surface area (Å²) in [4.78, 5) is 20.6. The minimum absolute atomic E-state index is 0.0640. The number of anilines is 1. The summed E-state index contributed by atoms with van der Waals surface area (Å²) in [5.74, 6) is 1.20. The molecule has 3 rings (SSSR count). The van der Waals surface area contributed by atoms with E-state index in [2.05, 4.69) is 20.4 Å². The number of rotatable bonds is 6. The van der Waals surface area contributed by atoms with Crippen LogP contribution in [-0.2, 0) is 11.3 Å². The van der Waals surface area contributed by atoms with E-state index in [9.17, 15) is 4.79 Å². The number of carbonyl (C=O) groups is 1. The Morgan fingerprint density at radius 1 is 1.24 bits per heavy atom. The molecule has 130 valence electrons. The van der Waals surface area contributed by atoms with Gasteiger partial charge in [-0.2, -0.15) is 4.98 Å². The zero-order chi connectivity index (χ0) is 17.8. The maximum Gasteiger partial charge on any atom is 0.361 e. The van der Waals surface area contributed by atoms with Crippen LogP contribution in [-0.4, -0.2) is 34.8 Å². The minimum Gasteiger partial charge on any atom is -0.497 e. The largest absolute Gasteiger partial charge is 0.497 e. The summed E-state index contributed by atoms with van der Waals surface area (Å²) in [6.45, 7) is 4.21. The van der Waals surface area contributed by atoms with E-state index in [4.69, 9.17) is 14.0 Å². The van der Waals surface area contributed by atoms with Crippen molar-refractivity contribution in [2.75, 3.05) is 19.0 Å². The van der Waals surface area contributed by atoms with Gasteiger partial charge in [-0.15, -0.1) is 0 Å². The summed E-state index contributed by atoms with van der Waals surface area (Å²) in [5.41, 5.74) is 1.33. The van der Waals surface area contributed by atoms with Crippen LogP contribution >= 0.6 is 0 Å². The fraction of sp³-hybridized carbons (Fsp3) is 0.294. The van der Waals surface area contributed by atoms with Gasteiger partial charge < -0.3 is 19.3 Å². The molecule has 0 radical (unpaired) electrons. The third kappa shape index (κ3) is 3.52. The highest BCUT2D eigenvalue weighted by Crippen LogP contribution is 2.25. The zero-order valence-electron chi connectivity index (χ0n) is 14.2. The number of fused-ring (bicyclic) bond motifs is 1. The lowest BCUT2D eigenvalue weighted by molar-refractivity contribution is 0.0517. The predicted octanol–water partition coefficient (Wildman–Crippen LogP) is 2.72. The van der Waals surface area contributed by atoms with Gasteiger partial charge >= 0.3 is 5.97 Å². The lowest BCUT2D eigenvalue weighted by atomic mass is 10.2. The Morgan fingerprint density at radius 3 is 2.68 bits per heavy atom. The van der Waals surface area contributed by atoms with Gasteiger partial charge in [0.1, 0.15) is 22.8 Å². The molecule has 0 fully saturated rings. The number of ether oxygens (including phenoxy) is 2. The molecule has 0 bridgehead atoms. The van der Waals surface area contributed by atoms with Crippen LogP contribution < -0.4 is 10.1 Å². The van der Waals surface area contributed by atoms with Crippen molar-refractivity contribution in [1.82, 2.24) is 15.1 Å². The van der Waals surface area contributed by atoms with Crippen LogP contribution in [0.2, 0.25) is 0 Å². The first kappa shape index (κ1) is 16.7. The molecular weight excluding hydrogens is 324 g/mol. The Labute approximate surface area is 144 Å². The molecule has 0 saturated carbocycles. The van der Waals surface area contributed by atoms with Gasteiger partial charge in [-0.05, 0) is 31.5 Å². The third-order valence-electron chi connectivity index (χ3n) is 3.54. The average molecular weight is 342 g/mol. The smallest absolute Gasteiger partial charge is 0.361 e. The molecule has 0 aliphatic heterocycles. The normalized spacial score (nSPS) is 10.7. The van der Waals surface area contributed by atoms with Gasteiger partial charge in [-0.25, -0.2) is 9.78 Å². The van der Waals surface area contributed by atoms with Gasteiger partial charge in [-0.3, -0.25) is 0 Å². The first-order chi connectivity index (χ1) is 12.1. The summed E-state index contributed by atoms with van der Waals surface area (Å²) in [6.07, 6.45) is 0. The number of hydrogen-bond acceptors (Lipinski definition) is 8. The van der Waals surface area contributed by atoms with Gasteiger partial charge in [-0.1, -0.05) is 17.3 Å². The average Bonchev–Trinajstić information content (AvgIpc) is 3.04. The van der Waals surface area contributed by atoms with Crippen LogP contribution in [0.5, 0.6) is 5.75 Å². The highest BCUT2D eigenvalue weighted by molar-refractivity contribution is 6.04. The molecule has 0 aliphatic carbocycles. The number of nitrogens with one attached hydrogen (secondary N) is 1. The molecule has 1 aromatic carbocycles. The van der Waals surface area contributed by atoms with Crippen LogP contribution in [0, 0.1) is 6.92 Å². The second-order valence-corrected chi connectivity index (χ2v) is 5.25. The summed E-state index contributed by atoms with van der Waals surface area (Å²) in [6, 6.07) is 7.64. The number of carbonyl (C=O) groups excluding carboxylic acids is 1. The molecule has 0 spiro atoms. The molecule has 0 amide bonds. The van der Waals surface area contributed by atoms with Gasteiger partial charge in [0.15, 0.2) is 0 Å². The van der Waals surface area contributed by atoms with E-state index in [0.29, 0.717) is 23.6 Å². The van der Waals surface area contributed by atoms with E-state index >= 15 is 0 Å². The Kier molecular flexibility index (Phi) is 4.78. The standard InChI is InChI=1S/C17H18N4O4/c1-4-24-17(22)14-13-15(19-10(2)20-16(13)25-21-14)18-9-11-5-7-12(23-3)8-6-11/h5-8H,4,9H2,1-3H3,(H,18,19,20). The van der Waals surface area contributed by atoms with Crippen LogP contribution in [0.1, 0.15) is 28.8 Å². The summed E-state index contributed by atoms with van der Waals surface area (Å²) in [7, 11) is 1.62. The van der Waals surface area contributed by atoms with Gasteiger partial charge in [0, 0.05) is 6.54 Å². The fourth-order valence-corrected chi connectivity index (χ4v) is 2.36. The highest BCUT2D eigenvalue weighted by Gasteiger charge is 2.22. The van der Waals surface area contributed by atoms with Crippen molar-refractivity contribution in [2.45, 2.75) is 20.4 Å². The second-order valence-electron chi connectivity index (χ2n) is 5.25. The van der Waals surface area contributed by atoms with Crippen LogP contribution in [0.3, 0.4) is 0 Å². The Balaban J connectivity index is 1.91. The third-order valence-corrected chi connectivity index (χ3v) is 3.54. The lowest BCUT2D eigenvalue weighted by Gasteiger charge is -2.08. The number of esters is 1. The quantitative estimate of drug-likeness (QED) is 0.683. The predicted molar refractivity (Wildman–Crippen MR) is 90.6 cm³/mol. The summed E-state index contributed by atoms with van der Waals surface area (Å²) in [5, 5.41) is 7.41. The summed E-state index contributed by atoms with van der Waals surface area (Å²) >= 11 is 0. The Morgan fingerprint density at radius 2 is 2.00 bits per heavy atom. The van der Waals surface area contributed by atoms with E-state index < -0.39 is 5.97 Å². The number of hydrogen-bond donors (Lipinski definition) is 1. The first-order valence-corrected chi connectivity index (χ1v) is 7.80. The molecule has 0 atom stereocenters. The van der Waals surface area contributed by atoms with E-state index in [-0.39, 0.29) is 18.0 Å². The Bertz CT molecular complexity index is 890. The first-order valence-electron chi connectivity index (χ1n) is 7.80. The van der Waals surface area contributed by atoms with Crippen LogP contribution in [0.15, 0.2) is 28.8 Å². The van der Waals surface area contributed by atoms with E-state index in [1.54, 1.807) is 21.0 Å². The molecule has 0 saturated heterocycles. The van der Waals surface area contributed by atoms with Crippen molar-refractivity contribution in [3.63, 3.8) is 0 Å². The van der Waals surface area contributed by atoms with Gasteiger partial charge in [0.2, 0.25) is 5.69 Å². The SMILES string of the molecule is CCOC(=O)c1noc2nc(C)nc(NCc3ccc(OC)cc3)c12. The molecule has 8 heteroatoms. The molecule has 1 N–H and O–H groups in total. The number of nitrogens with zero attached hydrogens (tertiary/aromatic N) is 3. The number of benzene rings is 1. The molecule has 3 aromatic rings. The van der Waals surface area contributed by atoms with Crippen molar-refractivity contribution in [3.8, 4) is 5.75 Å². The van der Waals surface area contributed by atoms with Gasteiger partial charge in [0.05, 0.1) is 13.7 Å². The Hall–Kier alpha value is -3.16. The molecule has 8 nitrogen and oxygen atoms in total. The maximum atomic E-state index is 12.1. The molecule has 2 aromatic heterocycles. The fourth-order valence-electron chi connectivity index (χ4n) is 2.36. The molecule has 2 heterocycles. The van der Waals surface area contributed by atoms with Crippen molar-refractivity contribution < 1.29 is 18.8 Å². The topological polar surface area (TPSA) is 99.4 Å². The van der Waals surface area contributed by atoms with E-state index in [1.165, 1.54) is 0 Å². The molecule has 0 unspecified atom stereocenters. The molecular formula is C17H18N4O4. The van der Waals surface area contributed by atoms with Gasteiger partial charge in [0.25, 0.3) is 5.71 Å². The van der Waals surface area contributed by atoms with E-state index in [0.717, 1.165) is 11.3 Å². The summed E-state index contributed by atoms with van der Waals surface area (Å²) < 4.78 is 15.3.